The smallest absolute Gasteiger partial charge is 0.321 e. The molecule has 1 aromatic heterocycles. The summed E-state index contributed by atoms with van der Waals surface area (Å²) < 4.78 is 0. The van der Waals surface area contributed by atoms with Gasteiger partial charge in [0.05, 0.1) is 12.1 Å². The van der Waals surface area contributed by atoms with Gasteiger partial charge in [0.2, 0.25) is 5.13 Å². The Labute approximate surface area is 139 Å². The molecule has 0 radical (unpaired) electrons. The molecule has 2 N–H and O–H groups in total. The summed E-state index contributed by atoms with van der Waals surface area (Å²) in [7, 11) is 2.09. The molecular weight excluding hydrogens is 310 g/mol. The number of aromatic nitrogens is 2. The van der Waals surface area contributed by atoms with Crippen molar-refractivity contribution in [3.05, 3.63) is 40.9 Å². The maximum atomic E-state index is 12.2. The van der Waals surface area contributed by atoms with E-state index in [-0.39, 0.29) is 18.1 Å². The molecule has 3 rings (SSSR count). The van der Waals surface area contributed by atoms with Crippen molar-refractivity contribution in [1.29, 1.82) is 0 Å². The van der Waals surface area contributed by atoms with Crippen molar-refractivity contribution in [2.75, 3.05) is 18.9 Å². The lowest BCUT2D eigenvalue weighted by Gasteiger charge is -2.26. The van der Waals surface area contributed by atoms with Crippen molar-refractivity contribution in [3.63, 3.8) is 0 Å². The molecule has 1 aliphatic heterocycles. The lowest BCUT2D eigenvalue weighted by atomic mass is 10.0. The summed E-state index contributed by atoms with van der Waals surface area (Å²) in [6.45, 7) is 2.98. The lowest BCUT2D eigenvalue weighted by Crippen LogP contribution is -2.41. The summed E-state index contributed by atoms with van der Waals surface area (Å²) in [6, 6.07) is 10.4. The van der Waals surface area contributed by atoms with Gasteiger partial charge in [-0.1, -0.05) is 48.6 Å². The van der Waals surface area contributed by atoms with Crippen LogP contribution in [0.2, 0.25) is 0 Å². The van der Waals surface area contributed by atoms with E-state index < -0.39 is 0 Å². The minimum atomic E-state index is -0.218. The van der Waals surface area contributed by atoms with Gasteiger partial charge < -0.3 is 5.32 Å². The fourth-order valence-electron chi connectivity index (χ4n) is 2.98. The maximum Gasteiger partial charge on any atom is 0.321 e. The van der Waals surface area contributed by atoms with Crippen LogP contribution in [-0.2, 0) is 6.42 Å². The zero-order valence-corrected chi connectivity index (χ0v) is 14.1. The van der Waals surface area contributed by atoms with Crippen LogP contribution in [0.5, 0.6) is 0 Å². The van der Waals surface area contributed by atoms with Crippen LogP contribution in [0.3, 0.4) is 0 Å². The maximum absolute atomic E-state index is 12.2. The fourth-order valence-corrected chi connectivity index (χ4v) is 3.66. The zero-order chi connectivity index (χ0) is 16.2. The summed E-state index contributed by atoms with van der Waals surface area (Å²) in [4.78, 5) is 14.5. The Bertz CT molecular complexity index is 660. The predicted molar refractivity (Wildman–Crippen MR) is 91.7 cm³/mol. The van der Waals surface area contributed by atoms with Crippen molar-refractivity contribution in [1.82, 2.24) is 20.4 Å². The molecule has 2 heterocycles. The van der Waals surface area contributed by atoms with Gasteiger partial charge in [-0.05, 0) is 25.5 Å². The Hall–Kier alpha value is -1.99. The van der Waals surface area contributed by atoms with Crippen LogP contribution in [0.1, 0.15) is 30.0 Å². The molecule has 0 spiro atoms. The number of likely N-dealkylation sites (tertiary alicyclic amines) is 1. The third-order valence-corrected chi connectivity index (χ3v) is 5.08. The van der Waals surface area contributed by atoms with E-state index in [1.165, 1.54) is 16.9 Å². The standard InChI is InChI=1S/C16H21N5OS/c1-3-13-19-20-16(23-13)18-15(22)17-12-9-10-21(2)14(12)11-7-5-4-6-8-11/h4-8,12,14H,3,9-10H2,1-2H3,(H2,17,18,20,22)/t12-,14+/m0/s1. The van der Waals surface area contributed by atoms with Crippen LogP contribution in [0.4, 0.5) is 9.93 Å². The van der Waals surface area contributed by atoms with Gasteiger partial charge in [0, 0.05) is 6.54 Å². The van der Waals surface area contributed by atoms with Crippen LogP contribution in [0.15, 0.2) is 30.3 Å². The van der Waals surface area contributed by atoms with Crippen molar-refractivity contribution in [3.8, 4) is 0 Å². The number of hydrogen-bond acceptors (Lipinski definition) is 5. The number of amides is 2. The van der Waals surface area contributed by atoms with Crippen molar-refractivity contribution in [2.24, 2.45) is 0 Å². The molecule has 7 heteroatoms. The Morgan fingerprint density at radius 3 is 2.83 bits per heavy atom. The summed E-state index contributed by atoms with van der Waals surface area (Å²) >= 11 is 1.41. The van der Waals surface area contributed by atoms with Crippen LogP contribution < -0.4 is 10.6 Å². The highest BCUT2D eigenvalue weighted by Gasteiger charge is 2.34. The van der Waals surface area contributed by atoms with Crippen LogP contribution in [0, 0.1) is 0 Å². The predicted octanol–water partition coefficient (Wildman–Crippen LogP) is 2.67. The molecule has 1 saturated heterocycles. The average molecular weight is 331 g/mol. The number of benzene rings is 1. The Balaban J connectivity index is 1.65. The SMILES string of the molecule is CCc1nnc(NC(=O)N[C@H]2CCN(C)[C@@H]2c2ccccc2)s1. The monoisotopic (exact) mass is 331 g/mol. The fraction of sp³-hybridized carbons (Fsp3) is 0.438. The number of rotatable bonds is 4. The van der Waals surface area contributed by atoms with E-state index in [1.54, 1.807) is 0 Å². The molecule has 2 aromatic rings. The summed E-state index contributed by atoms with van der Waals surface area (Å²) in [5, 5.41) is 15.3. The largest absolute Gasteiger partial charge is 0.333 e. The third-order valence-electron chi connectivity index (χ3n) is 4.10. The van der Waals surface area contributed by atoms with Crippen molar-refractivity contribution < 1.29 is 4.79 Å². The molecule has 0 unspecified atom stereocenters. The van der Waals surface area contributed by atoms with E-state index in [1.807, 2.05) is 25.1 Å². The van der Waals surface area contributed by atoms with Gasteiger partial charge in [0.1, 0.15) is 5.01 Å². The van der Waals surface area contributed by atoms with Crippen LogP contribution in [0.25, 0.3) is 0 Å². The van der Waals surface area contributed by atoms with Gasteiger partial charge in [0.25, 0.3) is 0 Å². The topological polar surface area (TPSA) is 70.1 Å². The molecule has 23 heavy (non-hydrogen) atoms. The Morgan fingerprint density at radius 1 is 1.35 bits per heavy atom. The highest BCUT2D eigenvalue weighted by molar-refractivity contribution is 7.15. The molecule has 1 aliphatic rings. The summed E-state index contributed by atoms with van der Waals surface area (Å²) in [5.74, 6) is 0. The first-order chi connectivity index (χ1) is 11.2. The van der Waals surface area contributed by atoms with Gasteiger partial charge in [0.15, 0.2) is 0 Å². The molecule has 122 valence electrons. The molecule has 0 saturated carbocycles. The molecule has 6 nitrogen and oxygen atoms in total. The van der Waals surface area contributed by atoms with E-state index in [2.05, 4.69) is 44.9 Å². The molecule has 1 fully saturated rings. The van der Waals surface area contributed by atoms with Crippen LogP contribution in [-0.4, -0.2) is 40.8 Å². The average Bonchev–Trinajstić information content (AvgIpc) is 3.15. The number of likely N-dealkylation sites (N-methyl/N-ethyl adjacent to an activating group) is 1. The van der Waals surface area contributed by atoms with Gasteiger partial charge in [-0.15, -0.1) is 10.2 Å². The van der Waals surface area contributed by atoms with Gasteiger partial charge in [-0.3, -0.25) is 10.2 Å². The number of carbonyl (C=O) groups excluding carboxylic acids is 1. The van der Waals surface area contributed by atoms with Crippen molar-refractivity contribution in [2.45, 2.75) is 31.8 Å². The van der Waals surface area contributed by atoms with Gasteiger partial charge in [-0.25, -0.2) is 4.79 Å². The lowest BCUT2D eigenvalue weighted by molar-refractivity contribution is 0.240. The van der Waals surface area contributed by atoms with Crippen molar-refractivity contribution >= 4 is 22.5 Å². The van der Waals surface area contributed by atoms with Gasteiger partial charge >= 0.3 is 6.03 Å². The molecular formula is C16H21N5OS. The molecule has 0 bridgehead atoms. The molecule has 2 atom stereocenters. The molecule has 1 aromatic carbocycles. The number of anilines is 1. The Morgan fingerprint density at radius 2 is 2.13 bits per heavy atom. The van der Waals surface area contributed by atoms with E-state index in [0.717, 1.165) is 24.4 Å². The number of aryl methyl sites for hydroxylation is 1. The quantitative estimate of drug-likeness (QED) is 0.904. The second-order valence-electron chi connectivity index (χ2n) is 5.68. The minimum Gasteiger partial charge on any atom is -0.333 e. The first-order valence-electron chi connectivity index (χ1n) is 7.82. The van der Waals surface area contributed by atoms with Gasteiger partial charge in [-0.2, -0.15) is 0 Å². The number of nitrogens with zero attached hydrogens (tertiary/aromatic N) is 3. The van der Waals surface area contributed by atoms with E-state index in [0.29, 0.717) is 5.13 Å². The first kappa shape index (κ1) is 15.9. The molecule has 0 aliphatic carbocycles. The third kappa shape index (κ3) is 3.68. The number of nitrogens with one attached hydrogen (secondary N) is 2. The number of carbonyl (C=O) groups is 1. The highest BCUT2D eigenvalue weighted by atomic mass is 32.1. The zero-order valence-electron chi connectivity index (χ0n) is 13.3. The number of urea groups is 1. The Kier molecular flexibility index (Phi) is 4.88. The van der Waals surface area contributed by atoms with E-state index in [4.69, 9.17) is 0 Å². The van der Waals surface area contributed by atoms with Crippen LogP contribution >= 0.6 is 11.3 Å². The first-order valence-corrected chi connectivity index (χ1v) is 8.64. The summed E-state index contributed by atoms with van der Waals surface area (Å²) in [6.07, 6.45) is 1.75. The highest BCUT2D eigenvalue weighted by Crippen LogP contribution is 2.30. The summed E-state index contributed by atoms with van der Waals surface area (Å²) in [5.41, 5.74) is 1.22. The molecule has 2 amide bonds. The number of hydrogen-bond donors (Lipinski definition) is 2. The second-order valence-corrected chi connectivity index (χ2v) is 6.75. The second kappa shape index (κ2) is 7.06. The normalized spacial score (nSPS) is 21.3. The van der Waals surface area contributed by atoms with E-state index >= 15 is 0 Å². The van der Waals surface area contributed by atoms with E-state index in [9.17, 15) is 4.79 Å². The minimum absolute atomic E-state index is 0.0842.